The lowest BCUT2D eigenvalue weighted by Gasteiger charge is -2.22. The number of hydrogen-bond donors (Lipinski definition) is 3. The average molecular weight is 292 g/mol. The zero-order chi connectivity index (χ0) is 15.8. The van der Waals surface area contributed by atoms with Crippen LogP contribution < -0.4 is 11.1 Å². The maximum absolute atomic E-state index is 11.7. The standard InChI is InChI=1S/C16H24N2O3/c1-10(17)16(7-8-16)12-6-5-11(9-13(12)19)18-14(20)21-15(2,3)4/h5-6,9-10,19H,7-8,17H2,1-4H3,(H,18,20). The van der Waals surface area contributed by atoms with Crippen LogP contribution in [0.1, 0.15) is 46.1 Å². The van der Waals surface area contributed by atoms with E-state index < -0.39 is 11.7 Å². The summed E-state index contributed by atoms with van der Waals surface area (Å²) in [5.41, 5.74) is 6.71. The lowest BCUT2D eigenvalue weighted by Crippen LogP contribution is -2.31. The first-order valence-electron chi connectivity index (χ1n) is 7.23. The van der Waals surface area contributed by atoms with Crippen molar-refractivity contribution in [2.24, 2.45) is 5.73 Å². The molecule has 0 heterocycles. The summed E-state index contributed by atoms with van der Waals surface area (Å²) in [6.07, 6.45) is 1.43. The third-order valence-electron chi connectivity index (χ3n) is 3.84. The first-order valence-corrected chi connectivity index (χ1v) is 7.23. The topological polar surface area (TPSA) is 84.6 Å². The van der Waals surface area contributed by atoms with Crippen LogP contribution in [0.4, 0.5) is 10.5 Å². The maximum atomic E-state index is 11.7. The van der Waals surface area contributed by atoms with Crippen LogP contribution in [0.2, 0.25) is 0 Å². The molecule has 1 aromatic rings. The second-order valence-corrected chi connectivity index (χ2v) is 6.80. The molecule has 4 N–H and O–H groups in total. The van der Waals surface area contributed by atoms with Gasteiger partial charge < -0.3 is 15.6 Å². The molecule has 116 valence electrons. The van der Waals surface area contributed by atoms with E-state index in [9.17, 15) is 9.90 Å². The van der Waals surface area contributed by atoms with E-state index in [0.29, 0.717) is 5.69 Å². The fourth-order valence-corrected chi connectivity index (χ4v) is 2.56. The van der Waals surface area contributed by atoms with Crippen LogP contribution in [0.25, 0.3) is 0 Å². The smallest absolute Gasteiger partial charge is 0.412 e. The van der Waals surface area contributed by atoms with Gasteiger partial charge >= 0.3 is 6.09 Å². The summed E-state index contributed by atoms with van der Waals surface area (Å²) in [5.74, 6) is 0.165. The van der Waals surface area contributed by atoms with Crippen LogP contribution in [-0.2, 0) is 10.2 Å². The molecule has 0 aliphatic heterocycles. The number of nitrogens with two attached hydrogens (primary N) is 1. The van der Waals surface area contributed by atoms with E-state index in [4.69, 9.17) is 10.5 Å². The molecule has 0 spiro atoms. The van der Waals surface area contributed by atoms with Gasteiger partial charge in [0.25, 0.3) is 0 Å². The molecule has 0 saturated heterocycles. The van der Waals surface area contributed by atoms with E-state index in [2.05, 4.69) is 5.32 Å². The number of benzene rings is 1. The summed E-state index contributed by atoms with van der Waals surface area (Å²) in [7, 11) is 0. The summed E-state index contributed by atoms with van der Waals surface area (Å²) in [5, 5.41) is 12.8. The van der Waals surface area contributed by atoms with Crippen LogP contribution in [0, 0.1) is 0 Å². The van der Waals surface area contributed by atoms with E-state index in [1.165, 1.54) is 0 Å². The van der Waals surface area contributed by atoms with E-state index in [1.54, 1.807) is 32.9 Å². The molecule has 0 bridgehead atoms. The number of carbonyl (C=O) groups excluding carboxylic acids is 1. The van der Waals surface area contributed by atoms with Gasteiger partial charge in [0.05, 0.1) is 0 Å². The number of rotatable bonds is 3. The Labute approximate surface area is 125 Å². The van der Waals surface area contributed by atoms with Crippen LogP contribution in [0.5, 0.6) is 5.75 Å². The summed E-state index contributed by atoms with van der Waals surface area (Å²) in [6.45, 7) is 7.35. The Morgan fingerprint density at radius 3 is 2.48 bits per heavy atom. The Morgan fingerprint density at radius 2 is 2.05 bits per heavy atom. The zero-order valence-electron chi connectivity index (χ0n) is 13.1. The summed E-state index contributed by atoms with van der Waals surface area (Å²) < 4.78 is 5.18. The van der Waals surface area contributed by atoms with E-state index in [0.717, 1.165) is 18.4 Å². The minimum absolute atomic E-state index is 0.00642. The van der Waals surface area contributed by atoms with Crippen molar-refractivity contribution in [1.82, 2.24) is 0 Å². The predicted molar refractivity (Wildman–Crippen MR) is 82.5 cm³/mol. The molecule has 1 amide bonds. The summed E-state index contributed by atoms with van der Waals surface area (Å²) in [6, 6.07) is 5.13. The van der Waals surface area contributed by atoms with Gasteiger partial charge in [-0.05, 0) is 46.6 Å². The van der Waals surface area contributed by atoms with Crippen molar-refractivity contribution in [3.63, 3.8) is 0 Å². The van der Waals surface area contributed by atoms with Crippen LogP contribution >= 0.6 is 0 Å². The Morgan fingerprint density at radius 1 is 1.43 bits per heavy atom. The number of hydrogen-bond acceptors (Lipinski definition) is 4. The monoisotopic (exact) mass is 292 g/mol. The Bertz CT molecular complexity index is 543. The summed E-state index contributed by atoms with van der Waals surface area (Å²) >= 11 is 0. The van der Waals surface area contributed by atoms with Gasteiger partial charge in [-0.15, -0.1) is 0 Å². The predicted octanol–water partition coefficient (Wildman–Crippen LogP) is 3.12. The third-order valence-corrected chi connectivity index (χ3v) is 3.84. The van der Waals surface area contributed by atoms with E-state index in [-0.39, 0.29) is 17.2 Å². The number of amides is 1. The van der Waals surface area contributed by atoms with E-state index in [1.807, 2.05) is 13.0 Å². The molecule has 1 atom stereocenters. The van der Waals surface area contributed by atoms with Crippen LogP contribution in [0.15, 0.2) is 18.2 Å². The molecule has 21 heavy (non-hydrogen) atoms. The average Bonchev–Trinajstić information content (AvgIpc) is 3.07. The summed E-state index contributed by atoms with van der Waals surface area (Å²) in [4.78, 5) is 11.7. The van der Waals surface area contributed by atoms with Crippen LogP contribution in [-0.4, -0.2) is 22.8 Å². The highest BCUT2D eigenvalue weighted by molar-refractivity contribution is 5.85. The fraction of sp³-hybridized carbons (Fsp3) is 0.562. The molecule has 1 aliphatic carbocycles. The number of ether oxygens (including phenoxy) is 1. The molecule has 0 radical (unpaired) electrons. The number of carbonyl (C=O) groups is 1. The number of anilines is 1. The molecular formula is C16H24N2O3. The Hall–Kier alpha value is -1.75. The van der Waals surface area contributed by atoms with Crippen molar-refractivity contribution in [3.05, 3.63) is 23.8 Å². The van der Waals surface area contributed by atoms with Crippen molar-refractivity contribution in [2.45, 2.75) is 57.6 Å². The molecular weight excluding hydrogens is 268 g/mol. The Kier molecular flexibility index (Phi) is 3.89. The van der Waals surface area contributed by atoms with Crippen LogP contribution in [0.3, 0.4) is 0 Å². The maximum Gasteiger partial charge on any atom is 0.412 e. The van der Waals surface area contributed by atoms with E-state index >= 15 is 0 Å². The molecule has 1 fully saturated rings. The molecule has 1 unspecified atom stereocenters. The first kappa shape index (κ1) is 15.6. The Balaban J connectivity index is 2.12. The van der Waals surface area contributed by atoms with Gasteiger partial charge in [0.1, 0.15) is 11.4 Å². The fourth-order valence-electron chi connectivity index (χ4n) is 2.56. The molecule has 1 saturated carbocycles. The van der Waals surface area contributed by atoms with Gasteiger partial charge in [-0.2, -0.15) is 0 Å². The number of aromatic hydroxyl groups is 1. The largest absolute Gasteiger partial charge is 0.508 e. The minimum Gasteiger partial charge on any atom is -0.508 e. The van der Waals surface area contributed by atoms with Gasteiger partial charge in [0.2, 0.25) is 0 Å². The molecule has 1 aliphatic rings. The first-order chi connectivity index (χ1) is 9.64. The molecule has 1 aromatic carbocycles. The molecule has 5 nitrogen and oxygen atoms in total. The second kappa shape index (κ2) is 5.22. The lowest BCUT2D eigenvalue weighted by molar-refractivity contribution is 0.0636. The molecule has 2 rings (SSSR count). The molecule has 5 heteroatoms. The van der Waals surface area contributed by atoms with Crippen molar-refractivity contribution in [3.8, 4) is 5.75 Å². The normalized spacial score (nSPS) is 18.0. The van der Waals surface area contributed by atoms with Crippen molar-refractivity contribution >= 4 is 11.8 Å². The highest BCUT2D eigenvalue weighted by Crippen LogP contribution is 2.53. The minimum atomic E-state index is -0.556. The van der Waals surface area contributed by atoms with Gasteiger partial charge in [-0.1, -0.05) is 6.07 Å². The van der Waals surface area contributed by atoms with Crippen molar-refractivity contribution < 1.29 is 14.6 Å². The van der Waals surface area contributed by atoms with Gasteiger partial charge in [-0.25, -0.2) is 4.79 Å². The molecule has 0 aromatic heterocycles. The van der Waals surface area contributed by atoms with Gasteiger partial charge in [0, 0.05) is 28.8 Å². The SMILES string of the molecule is CC(N)C1(c2ccc(NC(=O)OC(C)(C)C)cc2O)CC1. The highest BCUT2D eigenvalue weighted by Gasteiger charge is 2.48. The number of nitrogens with one attached hydrogen (secondary N) is 1. The second-order valence-electron chi connectivity index (χ2n) is 6.80. The number of phenolic OH excluding ortho intramolecular Hbond substituents is 1. The third kappa shape index (κ3) is 3.47. The zero-order valence-corrected chi connectivity index (χ0v) is 13.1. The van der Waals surface area contributed by atoms with Gasteiger partial charge in [-0.3, -0.25) is 5.32 Å². The van der Waals surface area contributed by atoms with Gasteiger partial charge in [0.15, 0.2) is 0 Å². The lowest BCUT2D eigenvalue weighted by atomic mass is 9.88. The highest BCUT2D eigenvalue weighted by atomic mass is 16.6. The van der Waals surface area contributed by atoms with Crippen molar-refractivity contribution in [1.29, 1.82) is 0 Å². The van der Waals surface area contributed by atoms with Crippen molar-refractivity contribution in [2.75, 3.05) is 5.32 Å². The quantitative estimate of drug-likeness (QED) is 0.799. The number of phenols is 1.